The number of hydrogen-bond acceptors (Lipinski definition) is 2. The van der Waals surface area contributed by atoms with Gasteiger partial charge in [-0.2, -0.15) is 0 Å². The zero-order valence-corrected chi connectivity index (χ0v) is 13.4. The summed E-state index contributed by atoms with van der Waals surface area (Å²) in [6.07, 6.45) is 8.65. The fourth-order valence-corrected chi connectivity index (χ4v) is 4.81. The minimum absolute atomic E-state index is 0.529. The van der Waals surface area contributed by atoms with Crippen LogP contribution in [0.5, 0.6) is 0 Å². The van der Waals surface area contributed by atoms with Crippen molar-refractivity contribution in [3.63, 3.8) is 0 Å². The smallest absolute Gasteiger partial charge is 0.158 e. The van der Waals surface area contributed by atoms with Gasteiger partial charge >= 0.3 is 0 Å². The summed E-state index contributed by atoms with van der Waals surface area (Å²) in [5, 5.41) is 3.93. The Labute approximate surface area is 130 Å². The van der Waals surface area contributed by atoms with E-state index in [1.54, 1.807) is 0 Å². The lowest BCUT2D eigenvalue weighted by atomic mass is 9.88. The molecule has 2 aliphatic carbocycles. The molecular weight excluding hydrogens is 292 g/mol. The van der Waals surface area contributed by atoms with E-state index in [0.29, 0.717) is 0 Å². The lowest BCUT2D eigenvalue weighted by Crippen LogP contribution is -2.25. The van der Waals surface area contributed by atoms with Gasteiger partial charge in [-0.1, -0.05) is 48.6 Å². The van der Waals surface area contributed by atoms with E-state index in [0.717, 1.165) is 40.5 Å². The highest BCUT2D eigenvalue weighted by molar-refractivity contribution is 7.91. The topological polar surface area (TPSA) is 34.1 Å². The van der Waals surface area contributed by atoms with Crippen LogP contribution in [0.15, 0.2) is 36.4 Å². The van der Waals surface area contributed by atoms with Crippen LogP contribution in [0.25, 0.3) is 12.2 Å². The van der Waals surface area contributed by atoms with E-state index >= 15 is 0 Å². The van der Waals surface area contributed by atoms with Crippen LogP contribution in [-0.4, -0.2) is 14.7 Å². The third kappa shape index (κ3) is 2.03. The van der Waals surface area contributed by atoms with Gasteiger partial charge in [0.2, 0.25) is 0 Å². The Morgan fingerprint density at radius 3 is 2.64 bits per heavy atom. The largest absolute Gasteiger partial charge is 0.228 e. The van der Waals surface area contributed by atoms with Gasteiger partial charge in [0.25, 0.3) is 0 Å². The molecule has 2 nitrogen and oxygen atoms in total. The quantitative estimate of drug-likeness (QED) is 0.807. The number of benzene rings is 2. The minimum Gasteiger partial charge on any atom is -0.228 e. The molecule has 1 atom stereocenters. The first-order chi connectivity index (χ1) is 10.6. The Morgan fingerprint density at radius 1 is 1.00 bits per heavy atom. The van der Waals surface area contributed by atoms with Crippen LogP contribution in [0.2, 0.25) is 0 Å². The summed E-state index contributed by atoms with van der Waals surface area (Å²) in [6.45, 7) is 0. The Balaban J connectivity index is 2.27. The Hall–Kier alpha value is -1.87. The van der Waals surface area contributed by atoms with Crippen LogP contribution in [0, 0.1) is 10.4 Å². The molecule has 0 amide bonds. The normalized spacial score (nSPS) is 19.2. The van der Waals surface area contributed by atoms with E-state index in [1.807, 2.05) is 24.3 Å². The molecule has 0 saturated carbocycles. The average Bonchev–Trinajstić information content (AvgIpc) is 2.52. The van der Waals surface area contributed by atoms with Crippen molar-refractivity contribution in [3.8, 4) is 0 Å². The van der Waals surface area contributed by atoms with Crippen LogP contribution in [0.1, 0.15) is 29.2 Å². The van der Waals surface area contributed by atoms with Crippen molar-refractivity contribution >= 4 is 22.0 Å². The van der Waals surface area contributed by atoms with Crippen molar-refractivity contribution in [1.29, 1.82) is 0 Å². The molecular formula is C19H18O2S. The number of sulfone groups is 1. The fourth-order valence-electron chi connectivity index (χ4n) is 3.72. The molecule has 22 heavy (non-hydrogen) atoms. The molecule has 0 aliphatic heterocycles. The number of fused-ring (bicyclic) bond motifs is 4. The molecule has 0 bridgehead atoms. The molecule has 112 valence electrons. The maximum absolute atomic E-state index is 12.4. The lowest BCUT2D eigenvalue weighted by Gasteiger charge is -2.22. The second-order valence-corrected chi connectivity index (χ2v) is 8.36. The summed E-state index contributed by atoms with van der Waals surface area (Å²) in [6, 6.07) is 12.3. The van der Waals surface area contributed by atoms with Crippen molar-refractivity contribution in [2.24, 2.45) is 0 Å². The number of hydrogen-bond donors (Lipinski definition) is 0. The maximum atomic E-state index is 12.4. The minimum atomic E-state index is -3.18. The summed E-state index contributed by atoms with van der Waals surface area (Å²) < 4.78 is 24.8. The van der Waals surface area contributed by atoms with Crippen molar-refractivity contribution in [1.82, 2.24) is 0 Å². The van der Waals surface area contributed by atoms with Gasteiger partial charge in [-0.05, 0) is 51.3 Å². The van der Waals surface area contributed by atoms with Gasteiger partial charge in [0, 0.05) is 6.26 Å². The summed E-state index contributed by atoms with van der Waals surface area (Å²) in [7, 11) is -3.18. The SMILES string of the molecule is CS(=O)(=O)C1C=c2ccccc2=c2ccc3c(c21)CCCC=3. The molecule has 0 saturated heterocycles. The monoisotopic (exact) mass is 310 g/mol. The molecule has 1 unspecified atom stereocenters. The first-order valence-corrected chi connectivity index (χ1v) is 9.63. The van der Waals surface area contributed by atoms with Gasteiger partial charge in [-0.25, -0.2) is 8.42 Å². The molecule has 0 aromatic heterocycles. The first kappa shape index (κ1) is 13.8. The second kappa shape index (κ2) is 4.82. The lowest BCUT2D eigenvalue weighted by molar-refractivity contribution is 0.597. The zero-order valence-electron chi connectivity index (χ0n) is 12.5. The first-order valence-electron chi connectivity index (χ1n) is 7.68. The Bertz CT molecular complexity index is 1080. The third-order valence-corrected chi connectivity index (χ3v) is 6.01. The van der Waals surface area contributed by atoms with E-state index in [1.165, 1.54) is 17.0 Å². The fraction of sp³-hybridized carbons (Fsp3) is 0.263. The highest BCUT2D eigenvalue weighted by Crippen LogP contribution is 2.30. The van der Waals surface area contributed by atoms with Crippen molar-refractivity contribution < 1.29 is 8.42 Å². The standard InChI is InChI=1S/C19H18O2S/c1-22(20,21)18-12-14-7-3-4-8-15(14)17-11-10-13-6-2-5-9-16(13)19(17)18/h3-4,6-8,10-12,18H,2,5,9H2,1H3. The van der Waals surface area contributed by atoms with Gasteiger partial charge in [0.05, 0.1) is 0 Å². The van der Waals surface area contributed by atoms with Crippen molar-refractivity contribution in [3.05, 3.63) is 68.4 Å². The zero-order chi connectivity index (χ0) is 15.3. The van der Waals surface area contributed by atoms with Crippen molar-refractivity contribution in [2.75, 3.05) is 6.26 Å². The van der Waals surface area contributed by atoms with E-state index in [4.69, 9.17) is 0 Å². The summed E-state index contributed by atoms with van der Waals surface area (Å²) in [5.74, 6) is 0. The van der Waals surface area contributed by atoms with Crippen LogP contribution < -0.4 is 10.4 Å². The molecule has 4 rings (SSSR count). The van der Waals surface area contributed by atoms with E-state index < -0.39 is 15.1 Å². The molecule has 3 heteroatoms. The molecule has 0 fully saturated rings. The Morgan fingerprint density at radius 2 is 1.82 bits per heavy atom. The van der Waals surface area contributed by atoms with Gasteiger partial charge < -0.3 is 0 Å². The summed E-state index contributed by atoms with van der Waals surface area (Å²) >= 11 is 0. The van der Waals surface area contributed by atoms with Gasteiger partial charge in [0.15, 0.2) is 9.84 Å². The van der Waals surface area contributed by atoms with Crippen LogP contribution >= 0.6 is 0 Å². The predicted molar refractivity (Wildman–Crippen MR) is 89.3 cm³/mol. The molecule has 2 aromatic carbocycles. The highest BCUT2D eigenvalue weighted by atomic mass is 32.2. The van der Waals surface area contributed by atoms with Crippen LogP contribution in [0.3, 0.4) is 0 Å². The third-order valence-electron chi connectivity index (χ3n) is 4.72. The highest BCUT2D eigenvalue weighted by Gasteiger charge is 2.27. The van der Waals surface area contributed by atoms with E-state index in [2.05, 4.69) is 24.3 Å². The maximum Gasteiger partial charge on any atom is 0.158 e. The molecule has 0 radical (unpaired) electrons. The van der Waals surface area contributed by atoms with Crippen LogP contribution in [0.4, 0.5) is 0 Å². The van der Waals surface area contributed by atoms with Gasteiger partial charge in [-0.15, -0.1) is 0 Å². The summed E-state index contributed by atoms with van der Waals surface area (Å²) in [5.41, 5.74) is 2.24. The van der Waals surface area contributed by atoms with E-state index in [-0.39, 0.29) is 0 Å². The molecule has 2 aliphatic rings. The predicted octanol–water partition coefficient (Wildman–Crippen LogP) is 1.97. The van der Waals surface area contributed by atoms with Crippen molar-refractivity contribution in [2.45, 2.75) is 24.5 Å². The number of rotatable bonds is 1. The average molecular weight is 310 g/mol. The molecule has 0 spiro atoms. The second-order valence-electron chi connectivity index (χ2n) is 6.19. The molecule has 0 heterocycles. The molecule has 0 N–H and O–H groups in total. The summed E-state index contributed by atoms with van der Waals surface area (Å²) in [4.78, 5) is 0. The van der Waals surface area contributed by atoms with E-state index in [9.17, 15) is 8.42 Å². The van der Waals surface area contributed by atoms with Gasteiger partial charge in [-0.3, -0.25) is 0 Å². The van der Waals surface area contributed by atoms with Crippen LogP contribution in [-0.2, 0) is 16.3 Å². The van der Waals surface area contributed by atoms with Gasteiger partial charge in [0.1, 0.15) is 5.25 Å². The Kier molecular flexibility index (Phi) is 3.01. The molecule has 2 aromatic rings.